The van der Waals surface area contributed by atoms with Crippen LogP contribution in [0.5, 0.6) is 17.2 Å². The molecule has 0 aliphatic heterocycles. The normalized spacial score (nSPS) is 10.8. The molecule has 8 heteroatoms. The molecule has 0 aliphatic carbocycles. The Kier molecular flexibility index (Phi) is 9.65. The minimum absolute atomic E-state index is 0.0621. The summed E-state index contributed by atoms with van der Waals surface area (Å²) >= 11 is 5.88. The molecule has 7 nitrogen and oxygen atoms in total. The number of aromatic nitrogens is 2. The standard InChI is InChI=1S/C30H32ClN3O4/c1-3-7-22-10-15-27(28(20-22)36-2)37-19-6-18-34-26-9-5-4-8-25(26)33-29(34)16-17-32-30(35)21-38-24-13-11-23(31)12-14-24/h3-5,8-15,20H,1,6-7,16-19,21H2,2H3,(H,32,35). The lowest BCUT2D eigenvalue weighted by molar-refractivity contribution is -0.123. The molecule has 0 atom stereocenters. The summed E-state index contributed by atoms with van der Waals surface area (Å²) in [4.78, 5) is 17.1. The summed E-state index contributed by atoms with van der Waals surface area (Å²) in [5.41, 5.74) is 3.12. The van der Waals surface area contributed by atoms with Crippen LogP contribution in [0.1, 0.15) is 17.8 Å². The summed E-state index contributed by atoms with van der Waals surface area (Å²) in [6, 6.07) is 20.9. The zero-order valence-corrected chi connectivity index (χ0v) is 22.2. The average Bonchev–Trinajstić information content (AvgIpc) is 3.28. The number of allylic oxidation sites excluding steroid dienone is 1. The lowest BCUT2D eigenvalue weighted by Crippen LogP contribution is -2.31. The maximum atomic E-state index is 12.3. The third-order valence-corrected chi connectivity index (χ3v) is 6.23. The van der Waals surface area contributed by atoms with Crippen LogP contribution in [0, 0.1) is 0 Å². The van der Waals surface area contributed by atoms with Crippen molar-refractivity contribution >= 4 is 28.5 Å². The Balaban J connectivity index is 1.31. The van der Waals surface area contributed by atoms with Gasteiger partial charge in [0.25, 0.3) is 5.91 Å². The van der Waals surface area contributed by atoms with Crippen molar-refractivity contribution in [1.82, 2.24) is 14.9 Å². The Bertz CT molecular complexity index is 1370. The third-order valence-electron chi connectivity index (χ3n) is 5.98. The van der Waals surface area contributed by atoms with E-state index in [1.807, 2.05) is 42.5 Å². The number of amides is 1. The first kappa shape index (κ1) is 27.1. The number of carbonyl (C=O) groups is 1. The number of carbonyl (C=O) groups excluding carboxylic acids is 1. The van der Waals surface area contributed by atoms with Gasteiger partial charge in [0.05, 0.1) is 24.8 Å². The molecule has 0 saturated carbocycles. The monoisotopic (exact) mass is 533 g/mol. The summed E-state index contributed by atoms with van der Waals surface area (Å²) < 4.78 is 19.2. The van der Waals surface area contributed by atoms with Crippen molar-refractivity contribution in [3.8, 4) is 17.2 Å². The highest BCUT2D eigenvalue weighted by atomic mass is 35.5. The predicted molar refractivity (Wildman–Crippen MR) is 150 cm³/mol. The molecule has 3 aromatic carbocycles. The summed E-state index contributed by atoms with van der Waals surface area (Å²) in [7, 11) is 1.65. The van der Waals surface area contributed by atoms with Gasteiger partial charge in [-0.15, -0.1) is 6.58 Å². The van der Waals surface area contributed by atoms with E-state index in [1.54, 1.807) is 31.4 Å². The molecule has 1 amide bonds. The number of halogens is 1. The van der Waals surface area contributed by atoms with Gasteiger partial charge in [-0.1, -0.05) is 35.9 Å². The van der Waals surface area contributed by atoms with Crippen LogP contribution in [0.4, 0.5) is 0 Å². The SMILES string of the molecule is C=CCc1ccc(OCCCn2c(CCNC(=O)COc3ccc(Cl)cc3)nc3ccccc32)c(OC)c1. The van der Waals surface area contributed by atoms with Crippen molar-refractivity contribution in [1.29, 1.82) is 0 Å². The van der Waals surface area contributed by atoms with E-state index < -0.39 is 0 Å². The minimum atomic E-state index is -0.191. The van der Waals surface area contributed by atoms with Gasteiger partial charge in [-0.3, -0.25) is 4.79 Å². The Hall–Kier alpha value is -3.97. The molecule has 38 heavy (non-hydrogen) atoms. The average molecular weight is 534 g/mol. The molecular weight excluding hydrogens is 502 g/mol. The fourth-order valence-corrected chi connectivity index (χ4v) is 4.27. The van der Waals surface area contributed by atoms with E-state index in [0.717, 1.165) is 47.6 Å². The van der Waals surface area contributed by atoms with Crippen LogP contribution in [0.2, 0.25) is 5.02 Å². The highest BCUT2D eigenvalue weighted by Crippen LogP contribution is 2.28. The number of benzene rings is 3. The number of fused-ring (bicyclic) bond motifs is 1. The van der Waals surface area contributed by atoms with Crippen LogP contribution < -0.4 is 19.5 Å². The molecule has 1 N–H and O–H groups in total. The van der Waals surface area contributed by atoms with Gasteiger partial charge < -0.3 is 24.1 Å². The van der Waals surface area contributed by atoms with Crippen LogP contribution in [0.3, 0.4) is 0 Å². The molecule has 0 fully saturated rings. The number of imidazole rings is 1. The molecule has 198 valence electrons. The van der Waals surface area contributed by atoms with E-state index in [9.17, 15) is 4.79 Å². The Morgan fingerprint density at radius 1 is 1.08 bits per heavy atom. The first-order valence-electron chi connectivity index (χ1n) is 12.6. The summed E-state index contributed by atoms with van der Waals surface area (Å²) in [6.45, 7) is 5.45. The molecule has 0 unspecified atom stereocenters. The van der Waals surface area contributed by atoms with Crippen molar-refractivity contribution in [2.24, 2.45) is 0 Å². The van der Waals surface area contributed by atoms with E-state index >= 15 is 0 Å². The van der Waals surface area contributed by atoms with Gasteiger partial charge >= 0.3 is 0 Å². The number of nitrogens with zero attached hydrogens (tertiary/aromatic N) is 2. The number of hydrogen-bond donors (Lipinski definition) is 1. The molecule has 0 saturated heterocycles. The van der Waals surface area contributed by atoms with Gasteiger partial charge in [-0.2, -0.15) is 0 Å². The number of hydrogen-bond acceptors (Lipinski definition) is 5. The van der Waals surface area contributed by atoms with Crippen LogP contribution in [0.15, 0.2) is 79.4 Å². The van der Waals surface area contributed by atoms with Gasteiger partial charge in [-0.05, 0) is 66.9 Å². The van der Waals surface area contributed by atoms with Crippen LogP contribution in [-0.2, 0) is 24.2 Å². The topological polar surface area (TPSA) is 74.6 Å². The van der Waals surface area contributed by atoms with Crippen LogP contribution in [-0.4, -0.2) is 42.3 Å². The second-order valence-corrected chi connectivity index (χ2v) is 9.13. The number of ether oxygens (including phenoxy) is 3. The van der Waals surface area contributed by atoms with Crippen molar-refractivity contribution in [2.45, 2.75) is 25.8 Å². The first-order chi connectivity index (χ1) is 18.6. The molecule has 1 heterocycles. The van der Waals surface area contributed by atoms with Crippen LogP contribution >= 0.6 is 11.6 Å². The fraction of sp³-hybridized carbons (Fsp3) is 0.267. The van der Waals surface area contributed by atoms with E-state index in [2.05, 4.69) is 22.5 Å². The lowest BCUT2D eigenvalue weighted by atomic mass is 10.1. The second-order valence-electron chi connectivity index (χ2n) is 8.69. The zero-order chi connectivity index (χ0) is 26.7. The van der Waals surface area contributed by atoms with E-state index in [-0.39, 0.29) is 12.5 Å². The van der Waals surface area contributed by atoms with Gasteiger partial charge in [0.15, 0.2) is 18.1 Å². The van der Waals surface area contributed by atoms with Gasteiger partial charge in [-0.25, -0.2) is 4.98 Å². The van der Waals surface area contributed by atoms with Gasteiger partial charge in [0.1, 0.15) is 11.6 Å². The molecule has 4 aromatic rings. The number of rotatable bonds is 14. The molecule has 4 rings (SSSR count). The first-order valence-corrected chi connectivity index (χ1v) is 12.9. The number of aryl methyl sites for hydroxylation is 1. The second kappa shape index (κ2) is 13.5. The number of para-hydroxylation sites is 2. The summed E-state index contributed by atoms with van der Waals surface area (Å²) in [5.74, 6) is 2.76. The molecule has 0 aliphatic rings. The minimum Gasteiger partial charge on any atom is -0.493 e. The third kappa shape index (κ3) is 7.29. The predicted octanol–water partition coefficient (Wildman–Crippen LogP) is 5.63. The van der Waals surface area contributed by atoms with Crippen molar-refractivity contribution in [3.05, 3.63) is 95.8 Å². The molecule has 0 bridgehead atoms. The number of nitrogens with one attached hydrogen (secondary N) is 1. The van der Waals surface area contributed by atoms with Crippen molar-refractivity contribution in [2.75, 3.05) is 26.9 Å². The van der Waals surface area contributed by atoms with Crippen LogP contribution in [0.25, 0.3) is 11.0 Å². The van der Waals surface area contributed by atoms with E-state index in [4.69, 9.17) is 30.8 Å². The van der Waals surface area contributed by atoms with Gasteiger partial charge in [0, 0.05) is 24.5 Å². The van der Waals surface area contributed by atoms with E-state index in [0.29, 0.717) is 36.1 Å². The smallest absolute Gasteiger partial charge is 0.257 e. The largest absolute Gasteiger partial charge is 0.493 e. The Morgan fingerprint density at radius 3 is 2.68 bits per heavy atom. The maximum absolute atomic E-state index is 12.3. The van der Waals surface area contributed by atoms with Crippen molar-refractivity contribution in [3.63, 3.8) is 0 Å². The number of methoxy groups -OCH3 is 1. The van der Waals surface area contributed by atoms with Crippen molar-refractivity contribution < 1.29 is 19.0 Å². The summed E-state index contributed by atoms with van der Waals surface area (Å²) in [5, 5.41) is 3.53. The lowest BCUT2D eigenvalue weighted by Gasteiger charge is -2.13. The Morgan fingerprint density at radius 2 is 1.89 bits per heavy atom. The molecule has 1 aromatic heterocycles. The summed E-state index contributed by atoms with van der Waals surface area (Å²) in [6.07, 6.45) is 4.03. The maximum Gasteiger partial charge on any atom is 0.257 e. The molecular formula is C30H32ClN3O4. The highest BCUT2D eigenvalue weighted by molar-refractivity contribution is 6.30. The van der Waals surface area contributed by atoms with Gasteiger partial charge in [0.2, 0.25) is 0 Å². The Labute approximate surface area is 228 Å². The fourth-order valence-electron chi connectivity index (χ4n) is 4.14. The van der Waals surface area contributed by atoms with E-state index in [1.165, 1.54) is 0 Å². The highest BCUT2D eigenvalue weighted by Gasteiger charge is 2.12. The zero-order valence-electron chi connectivity index (χ0n) is 21.5. The molecule has 0 spiro atoms. The quantitative estimate of drug-likeness (QED) is 0.168. The molecule has 0 radical (unpaired) electrons.